The van der Waals surface area contributed by atoms with Crippen LogP contribution in [-0.4, -0.2) is 36.7 Å². The van der Waals surface area contributed by atoms with Gasteiger partial charge in [0.15, 0.2) is 5.11 Å². The Morgan fingerprint density at radius 3 is 2.37 bits per heavy atom. The van der Waals surface area contributed by atoms with Crippen LogP contribution >= 0.6 is 12.2 Å². The van der Waals surface area contributed by atoms with Gasteiger partial charge in [-0.15, -0.1) is 0 Å². The first-order valence-electron chi connectivity index (χ1n) is 6.74. The van der Waals surface area contributed by atoms with Crippen LogP contribution in [-0.2, 0) is 0 Å². The normalized spacial score (nSPS) is 12.5. The van der Waals surface area contributed by atoms with Crippen LogP contribution in [0.15, 0.2) is 30.3 Å². The van der Waals surface area contributed by atoms with Crippen molar-refractivity contribution in [2.24, 2.45) is 5.92 Å². The van der Waals surface area contributed by atoms with Crippen molar-refractivity contribution in [1.29, 1.82) is 0 Å². The molecule has 0 aliphatic rings. The number of anilines is 1. The molecule has 0 saturated heterocycles. The molecule has 0 aliphatic carbocycles. The molecule has 19 heavy (non-hydrogen) atoms. The Morgan fingerprint density at radius 1 is 1.21 bits per heavy atom. The Bertz CT molecular complexity index is 366. The molecule has 0 fully saturated rings. The largest absolute Gasteiger partial charge is 0.358 e. The highest BCUT2D eigenvalue weighted by atomic mass is 32.1. The number of nitrogens with zero attached hydrogens (tertiary/aromatic N) is 1. The average molecular weight is 279 g/mol. The van der Waals surface area contributed by atoms with Gasteiger partial charge < -0.3 is 15.5 Å². The second-order valence-electron chi connectivity index (χ2n) is 5.55. The molecule has 0 aromatic heterocycles. The Balaban J connectivity index is 2.50. The molecule has 1 atom stereocenters. The summed E-state index contributed by atoms with van der Waals surface area (Å²) in [7, 11) is 4.17. The fourth-order valence-electron chi connectivity index (χ4n) is 2.06. The molecule has 3 nitrogen and oxygen atoms in total. The van der Waals surface area contributed by atoms with Crippen LogP contribution in [0.25, 0.3) is 0 Å². The molecule has 0 saturated carbocycles. The van der Waals surface area contributed by atoms with Crippen molar-refractivity contribution >= 4 is 23.0 Å². The van der Waals surface area contributed by atoms with Crippen molar-refractivity contribution in [2.75, 3.05) is 26.0 Å². The Hall–Kier alpha value is -1.13. The molecule has 1 rings (SSSR count). The molecule has 1 aromatic rings. The molecule has 2 N–H and O–H groups in total. The lowest BCUT2D eigenvalue weighted by molar-refractivity contribution is 0.329. The Kier molecular flexibility index (Phi) is 6.81. The van der Waals surface area contributed by atoms with Gasteiger partial charge in [-0.1, -0.05) is 32.0 Å². The highest BCUT2D eigenvalue weighted by Gasteiger charge is 2.13. The maximum atomic E-state index is 5.38. The molecule has 0 spiro atoms. The summed E-state index contributed by atoms with van der Waals surface area (Å²) in [6, 6.07) is 10.4. The number of hydrogen-bond acceptors (Lipinski definition) is 2. The Morgan fingerprint density at radius 2 is 1.84 bits per heavy atom. The predicted octanol–water partition coefficient (Wildman–Crippen LogP) is 2.95. The van der Waals surface area contributed by atoms with Crippen LogP contribution in [0.1, 0.15) is 20.3 Å². The van der Waals surface area contributed by atoms with E-state index in [1.165, 1.54) is 0 Å². The third kappa shape index (κ3) is 7.13. The van der Waals surface area contributed by atoms with Gasteiger partial charge in [0.05, 0.1) is 0 Å². The summed E-state index contributed by atoms with van der Waals surface area (Å²) in [6.45, 7) is 5.45. The molecule has 1 aromatic carbocycles. The molecular weight excluding hydrogens is 254 g/mol. The summed E-state index contributed by atoms with van der Waals surface area (Å²) in [4.78, 5) is 2.19. The van der Waals surface area contributed by atoms with E-state index in [1.54, 1.807) is 0 Å². The number of para-hydroxylation sites is 1. The third-order valence-electron chi connectivity index (χ3n) is 2.71. The average Bonchev–Trinajstić information content (AvgIpc) is 2.27. The van der Waals surface area contributed by atoms with Gasteiger partial charge in [0, 0.05) is 18.3 Å². The standard InChI is InChI=1S/C15H25N3S/c1-12(2)10-14(11-18(3)4)17-15(19)16-13-8-6-5-7-9-13/h5-9,12,14H,10-11H2,1-4H3,(H2,16,17,19). The quantitative estimate of drug-likeness (QED) is 0.783. The van der Waals surface area contributed by atoms with Crippen LogP contribution in [0.4, 0.5) is 5.69 Å². The third-order valence-corrected chi connectivity index (χ3v) is 2.93. The number of likely N-dealkylation sites (N-methyl/N-ethyl adjacent to an activating group) is 1. The molecule has 0 heterocycles. The zero-order valence-corrected chi connectivity index (χ0v) is 13.1. The lowest BCUT2D eigenvalue weighted by Gasteiger charge is -2.25. The summed E-state index contributed by atoms with van der Waals surface area (Å²) in [5, 5.41) is 7.32. The number of rotatable bonds is 6. The summed E-state index contributed by atoms with van der Waals surface area (Å²) < 4.78 is 0. The maximum absolute atomic E-state index is 5.38. The zero-order valence-electron chi connectivity index (χ0n) is 12.3. The van der Waals surface area contributed by atoms with E-state index in [0.29, 0.717) is 17.1 Å². The van der Waals surface area contributed by atoms with Crippen molar-refractivity contribution in [1.82, 2.24) is 10.2 Å². The topological polar surface area (TPSA) is 27.3 Å². The minimum atomic E-state index is 0.374. The van der Waals surface area contributed by atoms with Gasteiger partial charge in [0.25, 0.3) is 0 Å². The first-order chi connectivity index (χ1) is 8.97. The molecule has 4 heteroatoms. The predicted molar refractivity (Wildman–Crippen MR) is 87.6 cm³/mol. The van der Waals surface area contributed by atoms with Gasteiger partial charge in [-0.05, 0) is 50.8 Å². The van der Waals surface area contributed by atoms with E-state index in [4.69, 9.17) is 12.2 Å². The number of hydrogen-bond donors (Lipinski definition) is 2. The summed E-state index contributed by atoms with van der Waals surface area (Å²) in [5.41, 5.74) is 1.02. The highest BCUT2D eigenvalue weighted by Crippen LogP contribution is 2.08. The lowest BCUT2D eigenvalue weighted by atomic mass is 10.0. The van der Waals surface area contributed by atoms with E-state index >= 15 is 0 Å². The first-order valence-corrected chi connectivity index (χ1v) is 7.15. The molecule has 0 amide bonds. The fourth-order valence-corrected chi connectivity index (χ4v) is 2.35. The minimum absolute atomic E-state index is 0.374. The van der Waals surface area contributed by atoms with Crippen LogP contribution in [0.3, 0.4) is 0 Å². The van der Waals surface area contributed by atoms with E-state index in [2.05, 4.69) is 43.5 Å². The fraction of sp³-hybridized carbons (Fsp3) is 0.533. The second kappa shape index (κ2) is 8.12. The number of nitrogens with one attached hydrogen (secondary N) is 2. The van der Waals surface area contributed by atoms with Crippen LogP contribution in [0, 0.1) is 5.92 Å². The minimum Gasteiger partial charge on any atom is -0.358 e. The van der Waals surface area contributed by atoms with E-state index in [1.807, 2.05) is 30.3 Å². The summed E-state index contributed by atoms with van der Waals surface area (Å²) in [6.07, 6.45) is 1.11. The van der Waals surface area contributed by atoms with E-state index < -0.39 is 0 Å². The number of thiocarbonyl (C=S) groups is 1. The van der Waals surface area contributed by atoms with Crippen LogP contribution in [0.5, 0.6) is 0 Å². The van der Waals surface area contributed by atoms with Gasteiger partial charge in [-0.2, -0.15) is 0 Å². The molecule has 0 bridgehead atoms. The molecule has 0 radical (unpaired) electrons. The van der Waals surface area contributed by atoms with Crippen molar-refractivity contribution in [3.05, 3.63) is 30.3 Å². The van der Waals surface area contributed by atoms with Crippen molar-refractivity contribution in [2.45, 2.75) is 26.3 Å². The molecular formula is C15H25N3S. The SMILES string of the molecule is CC(C)CC(CN(C)C)NC(=S)Nc1ccccc1. The molecule has 0 aliphatic heterocycles. The highest BCUT2D eigenvalue weighted by molar-refractivity contribution is 7.80. The lowest BCUT2D eigenvalue weighted by Crippen LogP contribution is -2.44. The monoisotopic (exact) mass is 279 g/mol. The zero-order chi connectivity index (χ0) is 14.3. The smallest absolute Gasteiger partial charge is 0.171 e. The number of benzene rings is 1. The van der Waals surface area contributed by atoms with Gasteiger partial charge in [0.2, 0.25) is 0 Å². The summed E-state index contributed by atoms with van der Waals surface area (Å²) >= 11 is 5.38. The molecule has 1 unspecified atom stereocenters. The van der Waals surface area contributed by atoms with Gasteiger partial charge in [0.1, 0.15) is 0 Å². The van der Waals surface area contributed by atoms with Crippen LogP contribution < -0.4 is 10.6 Å². The van der Waals surface area contributed by atoms with Crippen molar-refractivity contribution < 1.29 is 0 Å². The van der Waals surface area contributed by atoms with Crippen LogP contribution in [0.2, 0.25) is 0 Å². The molecule has 106 valence electrons. The van der Waals surface area contributed by atoms with Crippen molar-refractivity contribution in [3.8, 4) is 0 Å². The van der Waals surface area contributed by atoms with E-state index in [0.717, 1.165) is 18.7 Å². The van der Waals surface area contributed by atoms with E-state index in [9.17, 15) is 0 Å². The maximum Gasteiger partial charge on any atom is 0.171 e. The Labute approximate surface area is 122 Å². The summed E-state index contributed by atoms with van der Waals surface area (Å²) in [5.74, 6) is 0.650. The van der Waals surface area contributed by atoms with E-state index in [-0.39, 0.29) is 0 Å². The van der Waals surface area contributed by atoms with Crippen molar-refractivity contribution in [3.63, 3.8) is 0 Å². The van der Waals surface area contributed by atoms with Gasteiger partial charge in [-0.25, -0.2) is 0 Å². The first kappa shape index (κ1) is 15.9. The van der Waals surface area contributed by atoms with Gasteiger partial charge in [-0.3, -0.25) is 0 Å². The second-order valence-corrected chi connectivity index (χ2v) is 5.96. The van der Waals surface area contributed by atoms with Gasteiger partial charge >= 0.3 is 0 Å².